The van der Waals surface area contributed by atoms with Crippen molar-refractivity contribution in [1.82, 2.24) is 14.9 Å². The second kappa shape index (κ2) is 8.44. The number of anilines is 1. The zero-order chi connectivity index (χ0) is 19.2. The SMILES string of the molecule is CC(=O)N1CCCN(c2cncc(-c3cccc(/C=C/C(=O)O)c3)n2)CC1. The van der Waals surface area contributed by atoms with Crippen molar-refractivity contribution >= 4 is 23.8 Å². The van der Waals surface area contributed by atoms with Gasteiger partial charge in [0, 0.05) is 44.7 Å². The van der Waals surface area contributed by atoms with E-state index in [-0.39, 0.29) is 5.91 Å². The third kappa shape index (κ3) is 4.91. The molecule has 2 heterocycles. The zero-order valence-electron chi connectivity index (χ0n) is 15.2. The van der Waals surface area contributed by atoms with Gasteiger partial charge in [0.1, 0.15) is 5.82 Å². The number of aromatic nitrogens is 2. The first kappa shape index (κ1) is 18.6. The lowest BCUT2D eigenvalue weighted by molar-refractivity contribution is -0.131. The minimum Gasteiger partial charge on any atom is -0.478 e. The summed E-state index contributed by atoms with van der Waals surface area (Å²) in [6.07, 6.45) is 6.98. The molecule has 1 aromatic carbocycles. The fourth-order valence-electron chi connectivity index (χ4n) is 3.08. The van der Waals surface area contributed by atoms with Crippen molar-refractivity contribution in [3.63, 3.8) is 0 Å². The van der Waals surface area contributed by atoms with E-state index in [4.69, 9.17) is 10.1 Å². The summed E-state index contributed by atoms with van der Waals surface area (Å²) in [6.45, 7) is 4.58. The van der Waals surface area contributed by atoms with Gasteiger partial charge in [-0.3, -0.25) is 9.78 Å². The largest absolute Gasteiger partial charge is 0.478 e. The van der Waals surface area contributed by atoms with Gasteiger partial charge in [-0.15, -0.1) is 0 Å². The van der Waals surface area contributed by atoms with Crippen molar-refractivity contribution in [2.24, 2.45) is 0 Å². The Morgan fingerprint density at radius 3 is 2.78 bits per heavy atom. The minimum absolute atomic E-state index is 0.0999. The third-order valence-electron chi connectivity index (χ3n) is 4.49. The Bertz CT molecular complexity index is 866. The molecule has 3 rings (SSSR count). The van der Waals surface area contributed by atoms with Crippen molar-refractivity contribution in [2.75, 3.05) is 31.1 Å². The predicted molar refractivity (Wildman–Crippen MR) is 103 cm³/mol. The van der Waals surface area contributed by atoms with E-state index >= 15 is 0 Å². The molecule has 1 saturated heterocycles. The summed E-state index contributed by atoms with van der Waals surface area (Å²) in [5, 5.41) is 8.78. The standard InChI is InChI=1S/C20H22N4O3/c1-15(25)23-8-3-9-24(11-10-23)19-14-21-13-18(22-19)17-5-2-4-16(12-17)6-7-20(26)27/h2,4-7,12-14H,3,8-11H2,1H3,(H,26,27)/b7-6+. The number of carbonyl (C=O) groups excluding carboxylic acids is 1. The number of carboxylic acids is 1. The lowest BCUT2D eigenvalue weighted by Crippen LogP contribution is -2.33. The van der Waals surface area contributed by atoms with Gasteiger partial charge >= 0.3 is 5.97 Å². The summed E-state index contributed by atoms with van der Waals surface area (Å²) >= 11 is 0. The van der Waals surface area contributed by atoms with Gasteiger partial charge in [0.05, 0.1) is 18.1 Å². The quantitative estimate of drug-likeness (QED) is 0.836. The highest BCUT2D eigenvalue weighted by atomic mass is 16.4. The molecule has 1 fully saturated rings. The maximum absolute atomic E-state index is 11.6. The van der Waals surface area contributed by atoms with E-state index in [1.165, 1.54) is 0 Å². The van der Waals surface area contributed by atoms with Crippen LogP contribution in [0.1, 0.15) is 18.9 Å². The average molecular weight is 366 g/mol. The predicted octanol–water partition coefficient (Wildman–Crippen LogP) is 2.30. The Kier molecular flexibility index (Phi) is 5.80. The van der Waals surface area contributed by atoms with E-state index in [2.05, 4.69) is 9.88 Å². The molecule has 7 nitrogen and oxygen atoms in total. The number of carbonyl (C=O) groups is 2. The highest BCUT2D eigenvalue weighted by Crippen LogP contribution is 2.22. The van der Waals surface area contributed by atoms with Crippen molar-refractivity contribution < 1.29 is 14.7 Å². The molecule has 1 aromatic heterocycles. The van der Waals surface area contributed by atoms with Crippen LogP contribution in [0.4, 0.5) is 5.82 Å². The van der Waals surface area contributed by atoms with E-state index in [1.54, 1.807) is 25.4 Å². The fourth-order valence-corrected chi connectivity index (χ4v) is 3.08. The molecule has 0 unspecified atom stereocenters. The second-order valence-corrected chi connectivity index (χ2v) is 6.41. The Labute approximate surface area is 158 Å². The van der Waals surface area contributed by atoms with Crippen LogP contribution in [0.15, 0.2) is 42.7 Å². The average Bonchev–Trinajstić information content (AvgIpc) is 2.93. The van der Waals surface area contributed by atoms with E-state index in [0.29, 0.717) is 6.54 Å². The van der Waals surface area contributed by atoms with Crippen LogP contribution in [0.2, 0.25) is 0 Å². The van der Waals surface area contributed by atoms with Crippen molar-refractivity contribution in [2.45, 2.75) is 13.3 Å². The lowest BCUT2D eigenvalue weighted by Gasteiger charge is -2.22. The summed E-state index contributed by atoms with van der Waals surface area (Å²) in [5.41, 5.74) is 2.39. The first-order valence-electron chi connectivity index (χ1n) is 8.87. The van der Waals surface area contributed by atoms with Crippen LogP contribution in [0.25, 0.3) is 17.3 Å². The van der Waals surface area contributed by atoms with Gasteiger partial charge in [-0.1, -0.05) is 18.2 Å². The van der Waals surface area contributed by atoms with E-state index in [9.17, 15) is 9.59 Å². The summed E-state index contributed by atoms with van der Waals surface area (Å²) in [6, 6.07) is 7.51. The van der Waals surface area contributed by atoms with Crippen LogP contribution < -0.4 is 4.90 Å². The Hall–Kier alpha value is -3.22. The van der Waals surface area contributed by atoms with E-state index < -0.39 is 5.97 Å². The van der Waals surface area contributed by atoms with Crippen molar-refractivity contribution in [1.29, 1.82) is 0 Å². The van der Waals surface area contributed by atoms with Crippen LogP contribution >= 0.6 is 0 Å². The summed E-state index contributed by atoms with van der Waals surface area (Å²) in [5.74, 6) is -0.102. The smallest absolute Gasteiger partial charge is 0.328 e. The zero-order valence-corrected chi connectivity index (χ0v) is 15.2. The van der Waals surface area contributed by atoms with Crippen LogP contribution in [-0.2, 0) is 9.59 Å². The van der Waals surface area contributed by atoms with Crippen LogP contribution in [-0.4, -0.2) is 58.0 Å². The molecule has 1 aliphatic rings. The summed E-state index contributed by atoms with van der Waals surface area (Å²) < 4.78 is 0. The maximum atomic E-state index is 11.6. The van der Waals surface area contributed by atoms with Gasteiger partial charge in [-0.2, -0.15) is 0 Å². The Morgan fingerprint density at radius 1 is 1.15 bits per heavy atom. The molecule has 0 saturated carbocycles. The molecule has 7 heteroatoms. The number of aliphatic carboxylic acids is 1. The molecule has 1 aliphatic heterocycles. The fraction of sp³-hybridized carbons (Fsp3) is 0.300. The minimum atomic E-state index is -0.983. The number of hydrogen-bond acceptors (Lipinski definition) is 5. The number of nitrogens with zero attached hydrogens (tertiary/aromatic N) is 4. The molecule has 27 heavy (non-hydrogen) atoms. The number of benzene rings is 1. The Balaban J connectivity index is 1.81. The van der Waals surface area contributed by atoms with E-state index in [1.807, 2.05) is 29.2 Å². The maximum Gasteiger partial charge on any atom is 0.328 e. The highest BCUT2D eigenvalue weighted by molar-refractivity contribution is 5.85. The summed E-state index contributed by atoms with van der Waals surface area (Å²) in [4.78, 5) is 35.4. The molecule has 1 N–H and O–H groups in total. The monoisotopic (exact) mass is 366 g/mol. The summed E-state index contributed by atoms with van der Waals surface area (Å²) in [7, 11) is 0. The topological polar surface area (TPSA) is 86.6 Å². The first-order chi connectivity index (χ1) is 13.0. The molecule has 0 atom stereocenters. The normalized spacial score (nSPS) is 15.0. The molecule has 1 amide bonds. The van der Waals surface area contributed by atoms with Crippen LogP contribution in [0, 0.1) is 0 Å². The third-order valence-corrected chi connectivity index (χ3v) is 4.49. The van der Waals surface area contributed by atoms with Crippen molar-refractivity contribution in [3.05, 3.63) is 48.3 Å². The molecule has 0 spiro atoms. The van der Waals surface area contributed by atoms with Gasteiger partial charge in [0.25, 0.3) is 0 Å². The Morgan fingerprint density at radius 2 is 2.00 bits per heavy atom. The molecule has 0 radical (unpaired) electrons. The molecule has 2 aromatic rings. The van der Waals surface area contributed by atoms with Gasteiger partial charge < -0.3 is 14.9 Å². The first-order valence-corrected chi connectivity index (χ1v) is 8.87. The highest BCUT2D eigenvalue weighted by Gasteiger charge is 2.18. The van der Waals surface area contributed by atoms with Crippen LogP contribution in [0.3, 0.4) is 0 Å². The molecule has 0 bridgehead atoms. The van der Waals surface area contributed by atoms with Gasteiger partial charge in [0.2, 0.25) is 5.91 Å². The van der Waals surface area contributed by atoms with Gasteiger partial charge in [-0.25, -0.2) is 9.78 Å². The van der Waals surface area contributed by atoms with Gasteiger partial charge in [-0.05, 0) is 24.1 Å². The second-order valence-electron chi connectivity index (χ2n) is 6.41. The molecular formula is C20H22N4O3. The molecule has 140 valence electrons. The van der Waals surface area contributed by atoms with E-state index in [0.717, 1.165) is 54.8 Å². The van der Waals surface area contributed by atoms with Crippen molar-refractivity contribution in [3.8, 4) is 11.3 Å². The lowest BCUT2D eigenvalue weighted by atomic mass is 10.1. The number of rotatable bonds is 4. The van der Waals surface area contributed by atoms with Crippen LogP contribution in [0.5, 0.6) is 0 Å². The van der Waals surface area contributed by atoms with Gasteiger partial charge in [0.15, 0.2) is 0 Å². The number of carboxylic acid groups (broad SMARTS) is 1. The molecular weight excluding hydrogens is 344 g/mol. The number of amides is 1. The number of hydrogen-bond donors (Lipinski definition) is 1. The molecule has 0 aliphatic carbocycles.